The molecule has 3 rings (SSSR count). The highest BCUT2D eigenvalue weighted by Gasteiger charge is 2.51. The Morgan fingerprint density at radius 3 is 2.95 bits per heavy atom. The number of carbonyl (C=O) groups is 1. The van der Waals surface area contributed by atoms with Crippen LogP contribution in [0.3, 0.4) is 0 Å². The molecule has 0 spiro atoms. The van der Waals surface area contributed by atoms with Crippen LogP contribution in [0.5, 0.6) is 0 Å². The van der Waals surface area contributed by atoms with E-state index in [1.807, 2.05) is 19.1 Å². The lowest BCUT2D eigenvalue weighted by Crippen LogP contribution is -2.50. The molecule has 1 unspecified atom stereocenters. The molecule has 0 aromatic carbocycles. The van der Waals surface area contributed by atoms with Crippen molar-refractivity contribution >= 4 is 5.91 Å². The summed E-state index contributed by atoms with van der Waals surface area (Å²) in [5, 5.41) is 3.38. The number of ether oxygens (including phenoxy) is 1. The maximum Gasteiger partial charge on any atom is 0.232 e. The van der Waals surface area contributed by atoms with Crippen molar-refractivity contribution in [3.63, 3.8) is 0 Å². The number of allylic oxidation sites excluding steroid dienone is 5. The molecule has 3 N–H and O–H groups in total. The molecule has 1 heterocycles. The lowest BCUT2D eigenvalue weighted by Gasteiger charge is -2.48. The second-order valence-electron chi connectivity index (χ2n) is 6.07. The van der Waals surface area contributed by atoms with Crippen LogP contribution in [-0.4, -0.2) is 19.2 Å². The molecule has 0 fully saturated rings. The fourth-order valence-corrected chi connectivity index (χ4v) is 4.08. The Labute approximate surface area is 125 Å². The maximum absolute atomic E-state index is 12.4. The Kier molecular flexibility index (Phi) is 3.29. The van der Waals surface area contributed by atoms with E-state index in [0.29, 0.717) is 6.42 Å². The first-order valence-corrected chi connectivity index (χ1v) is 7.38. The molecular formula is C17H22N2O2. The maximum atomic E-state index is 12.4. The minimum absolute atomic E-state index is 0.133. The first-order chi connectivity index (χ1) is 10.0. The van der Waals surface area contributed by atoms with Crippen LogP contribution in [0.15, 0.2) is 46.7 Å². The zero-order valence-electron chi connectivity index (χ0n) is 12.8. The lowest BCUT2D eigenvalue weighted by molar-refractivity contribution is -0.124. The van der Waals surface area contributed by atoms with Gasteiger partial charge in [-0.15, -0.1) is 0 Å². The van der Waals surface area contributed by atoms with Gasteiger partial charge >= 0.3 is 0 Å². The van der Waals surface area contributed by atoms with E-state index in [0.717, 1.165) is 23.3 Å². The number of amides is 1. The van der Waals surface area contributed by atoms with Crippen molar-refractivity contribution in [2.75, 3.05) is 7.11 Å². The number of nitrogens with two attached hydrogens (primary N) is 1. The molecule has 0 aromatic heterocycles. The number of primary amides is 1. The third kappa shape index (κ3) is 1.89. The molecule has 4 nitrogen and oxygen atoms in total. The van der Waals surface area contributed by atoms with Gasteiger partial charge in [-0.2, -0.15) is 0 Å². The van der Waals surface area contributed by atoms with Crippen molar-refractivity contribution in [3.05, 3.63) is 46.7 Å². The van der Waals surface area contributed by atoms with Crippen LogP contribution in [0.25, 0.3) is 0 Å². The van der Waals surface area contributed by atoms with E-state index < -0.39 is 5.41 Å². The Morgan fingerprint density at radius 1 is 1.57 bits per heavy atom. The highest BCUT2D eigenvalue weighted by molar-refractivity contribution is 5.91. The van der Waals surface area contributed by atoms with Crippen LogP contribution in [0.4, 0.5) is 0 Å². The molecule has 0 saturated heterocycles. The predicted octanol–water partition coefficient (Wildman–Crippen LogP) is 2.16. The number of hydrogen-bond donors (Lipinski definition) is 2. The summed E-state index contributed by atoms with van der Waals surface area (Å²) in [5.74, 6) is -0.0194. The number of carbonyl (C=O) groups excluding carboxylic acids is 1. The predicted molar refractivity (Wildman–Crippen MR) is 82.0 cm³/mol. The van der Waals surface area contributed by atoms with Crippen LogP contribution < -0.4 is 11.1 Å². The number of nitrogens with one attached hydrogen (secondary N) is 1. The smallest absolute Gasteiger partial charge is 0.232 e. The van der Waals surface area contributed by atoms with Crippen molar-refractivity contribution in [1.82, 2.24) is 5.32 Å². The zero-order chi connectivity index (χ0) is 15.2. The van der Waals surface area contributed by atoms with Gasteiger partial charge in [0.2, 0.25) is 5.91 Å². The minimum Gasteiger partial charge on any atom is -0.369 e. The van der Waals surface area contributed by atoms with Crippen LogP contribution in [-0.2, 0) is 9.53 Å². The van der Waals surface area contributed by atoms with E-state index in [-0.39, 0.29) is 18.1 Å². The van der Waals surface area contributed by atoms with Crippen molar-refractivity contribution in [2.45, 2.75) is 32.9 Å². The van der Waals surface area contributed by atoms with Crippen molar-refractivity contribution in [1.29, 1.82) is 0 Å². The molecule has 112 valence electrons. The highest BCUT2D eigenvalue weighted by atomic mass is 16.5. The quantitative estimate of drug-likeness (QED) is 0.765. The van der Waals surface area contributed by atoms with Gasteiger partial charge < -0.3 is 15.8 Å². The minimum atomic E-state index is -0.700. The standard InChI is InChI=1S/C17H22N2O2/c1-4-12-11-7-10(2)9-17(12,16(18)20)13-5-6-15(21-3)19-14(13)8-11/h4-7,11,15,19H,8-9H2,1-3H3,(H2,18,20)/b12-4+/t11-,15?,17+/m0/s1. The summed E-state index contributed by atoms with van der Waals surface area (Å²) in [5.41, 5.74) is 9.65. The Morgan fingerprint density at radius 2 is 2.33 bits per heavy atom. The summed E-state index contributed by atoms with van der Waals surface area (Å²) >= 11 is 0. The van der Waals surface area contributed by atoms with Crippen molar-refractivity contribution < 1.29 is 9.53 Å². The molecule has 2 aliphatic carbocycles. The SMILES string of the molecule is C/C=C1\[C@H]2C=C(C)C[C@]1(C(N)=O)C1=C(C2)NC(OC)C=C1. The molecular weight excluding hydrogens is 264 g/mol. The average molecular weight is 286 g/mol. The van der Waals surface area contributed by atoms with Gasteiger partial charge in [0, 0.05) is 18.7 Å². The average Bonchev–Trinajstić information content (AvgIpc) is 2.45. The number of rotatable bonds is 2. The van der Waals surface area contributed by atoms with Crippen molar-refractivity contribution in [2.24, 2.45) is 17.1 Å². The van der Waals surface area contributed by atoms with Crippen molar-refractivity contribution in [3.8, 4) is 0 Å². The Hall–Kier alpha value is -1.81. The van der Waals surface area contributed by atoms with E-state index in [4.69, 9.17) is 10.5 Å². The normalized spacial score (nSPS) is 36.1. The van der Waals surface area contributed by atoms with E-state index in [2.05, 4.69) is 24.4 Å². The zero-order valence-corrected chi connectivity index (χ0v) is 12.8. The van der Waals surface area contributed by atoms with Crippen LogP contribution >= 0.6 is 0 Å². The summed E-state index contributed by atoms with van der Waals surface area (Å²) in [6.07, 6.45) is 9.70. The molecule has 0 aromatic rings. The molecule has 3 atom stereocenters. The fraction of sp³-hybridized carbons (Fsp3) is 0.471. The number of fused-ring (bicyclic) bond motifs is 3. The number of methoxy groups -OCH3 is 1. The van der Waals surface area contributed by atoms with E-state index >= 15 is 0 Å². The molecule has 0 saturated carbocycles. The molecule has 1 aliphatic heterocycles. The van der Waals surface area contributed by atoms with Gasteiger partial charge in [-0.25, -0.2) is 0 Å². The Balaban J connectivity index is 2.19. The monoisotopic (exact) mass is 286 g/mol. The van der Waals surface area contributed by atoms with E-state index in [1.165, 1.54) is 5.57 Å². The molecule has 0 radical (unpaired) electrons. The second-order valence-corrected chi connectivity index (χ2v) is 6.07. The van der Waals surface area contributed by atoms with Gasteiger partial charge in [0.25, 0.3) is 0 Å². The van der Waals surface area contributed by atoms with Gasteiger partial charge in [-0.1, -0.05) is 23.8 Å². The van der Waals surface area contributed by atoms with Gasteiger partial charge in [0.05, 0.1) is 0 Å². The number of hydrogen-bond acceptors (Lipinski definition) is 3. The van der Waals surface area contributed by atoms with Crippen LogP contribution in [0, 0.1) is 11.3 Å². The summed E-state index contributed by atoms with van der Waals surface area (Å²) in [6, 6.07) is 0. The highest BCUT2D eigenvalue weighted by Crippen LogP contribution is 2.55. The summed E-state index contributed by atoms with van der Waals surface area (Å²) in [7, 11) is 1.67. The third-order valence-corrected chi connectivity index (χ3v) is 4.87. The van der Waals surface area contributed by atoms with Gasteiger partial charge in [-0.3, -0.25) is 4.79 Å². The molecule has 1 amide bonds. The molecule has 21 heavy (non-hydrogen) atoms. The lowest BCUT2D eigenvalue weighted by atomic mass is 9.57. The largest absolute Gasteiger partial charge is 0.369 e. The molecule has 4 heteroatoms. The second kappa shape index (κ2) is 4.88. The van der Waals surface area contributed by atoms with Gasteiger partial charge in [0.15, 0.2) is 0 Å². The topological polar surface area (TPSA) is 64.4 Å². The summed E-state index contributed by atoms with van der Waals surface area (Å²) < 4.78 is 5.35. The van der Waals surface area contributed by atoms with Crippen LogP contribution in [0.1, 0.15) is 26.7 Å². The fourth-order valence-electron chi connectivity index (χ4n) is 4.08. The summed E-state index contributed by atoms with van der Waals surface area (Å²) in [4.78, 5) is 12.4. The van der Waals surface area contributed by atoms with E-state index in [9.17, 15) is 4.79 Å². The summed E-state index contributed by atoms with van der Waals surface area (Å²) in [6.45, 7) is 4.08. The van der Waals surface area contributed by atoms with Crippen LogP contribution in [0.2, 0.25) is 0 Å². The first-order valence-electron chi connectivity index (χ1n) is 7.38. The first kappa shape index (κ1) is 14.1. The Bertz CT molecular complexity index is 612. The number of dihydropyridines is 1. The van der Waals surface area contributed by atoms with E-state index in [1.54, 1.807) is 7.11 Å². The molecule has 3 aliphatic rings. The third-order valence-electron chi connectivity index (χ3n) is 4.87. The van der Waals surface area contributed by atoms with Gasteiger partial charge in [-0.05, 0) is 43.9 Å². The van der Waals surface area contributed by atoms with Gasteiger partial charge in [0.1, 0.15) is 11.6 Å². The molecule has 2 bridgehead atoms.